The van der Waals surface area contributed by atoms with Crippen LogP contribution in [0.4, 0.5) is 0 Å². The number of carbonyl (C=O) groups excluding carboxylic acids is 1. The molecule has 0 radical (unpaired) electrons. The normalized spacial score (nSPS) is 16.5. The Morgan fingerprint density at radius 3 is 2.79 bits per heavy atom. The van der Waals surface area contributed by atoms with E-state index in [1.54, 1.807) is 11.8 Å². The van der Waals surface area contributed by atoms with Crippen molar-refractivity contribution in [3.05, 3.63) is 0 Å². The zero-order valence-electron chi connectivity index (χ0n) is 12.1. The molecule has 5 heteroatoms. The summed E-state index contributed by atoms with van der Waals surface area (Å²) in [7, 11) is 0. The van der Waals surface area contributed by atoms with Crippen molar-refractivity contribution in [2.45, 2.75) is 44.3 Å². The van der Waals surface area contributed by atoms with Gasteiger partial charge in [0.05, 0.1) is 5.75 Å². The number of rotatable bonds is 10. The quantitative estimate of drug-likeness (QED) is 0.602. The largest absolute Gasteiger partial charge is 0.381 e. The van der Waals surface area contributed by atoms with Gasteiger partial charge in [-0.15, -0.1) is 11.8 Å². The van der Waals surface area contributed by atoms with Crippen molar-refractivity contribution in [2.75, 3.05) is 38.6 Å². The lowest BCUT2D eigenvalue weighted by Gasteiger charge is -2.21. The molecule has 1 aliphatic heterocycles. The van der Waals surface area contributed by atoms with Crippen LogP contribution in [-0.2, 0) is 9.53 Å². The van der Waals surface area contributed by atoms with Gasteiger partial charge in [-0.2, -0.15) is 0 Å². The van der Waals surface area contributed by atoms with Crippen LogP contribution in [0.15, 0.2) is 0 Å². The van der Waals surface area contributed by atoms with Gasteiger partial charge in [-0.25, -0.2) is 0 Å². The molecule has 0 aromatic rings. The summed E-state index contributed by atoms with van der Waals surface area (Å²) < 4.78 is 5.45. The van der Waals surface area contributed by atoms with Crippen molar-refractivity contribution in [1.29, 1.82) is 0 Å². The van der Waals surface area contributed by atoms with E-state index in [-0.39, 0.29) is 5.91 Å². The van der Waals surface area contributed by atoms with E-state index in [0.717, 1.165) is 45.7 Å². The summed E-state index contributed by atoms with van der Waals surface area (Å²) in [6.07, 6.45) is 5.57. The third-order valence-corrected chi connectivity index (χ3v) is 4.54. The summed E-state index contributed by atoms with van der Waals surface area (Å²) in [6.45, 7) is 6.67. The van der Waals surface area contributed by atoms with Crippen molar-refractivity contribution in [3.63, 3.8) is 0 Å². The molecule has 1 fully saturated rings. The number of nitrogens with one attached hydrogen (secondary N) is 2. The lowest BCUT2D eigenvalue weighted by molar-refractivity contribution is -0.118. The Balaban J connectivity index is 1.87. The zero-order valence-corrected chi connectivity index (χ0v) is 12.9. The highest BCUT2D eigenvalue weighted by molar-refractivity contribution is 8.00. The van der Waals surface area contributed by atoms with E-state index in [1.165, 1.54) is 19.3 Å². The molecule has 0 spiro atoms. The van der Waals surface area contributed by atoms with E-state index in [0.29, 0.717) is 11.0 Å². The monoisotopic (exact) mass is 288 g/mol. The van der Waals surface area contributed by atoms with E-state index in [4.69, 9.17) is 4.74 Å². The molecule has 0 aromatic heterocycles. The number of ether oxygens (including phenoxy) is 1. The van der Waals surface area contributed by atoms with E-state index >= 15 is 0 Å². The van der Waals surface area contributed by atoms with E-state index in [1.807, 2.05) is 0 Å². The highest BCUT2D eigenvalue weighted by Crippen LogP contribution is 2.19. The summed E-state index contributed by atoms with van der Waals surface area (Å²) in [6, 6.07) is 0. The number of thioether (sulfide) groups is 1. The molecule has 0 atom stereocenters. The first-order valence-electron chi connectivity index (χ1n) is 7.49. The molecule has 2 N–H and O–H groups in total. The number of hydrogen-bond acceptors (Lipinski definition) is 4. The average molecular weight is 288 g/mol. The van der Waals surface area contributed by atoms with Gasteiger partial charge in [-0.3, -0.25) is 4.79 Å². The molecule has 19 heavy (non-hydrogen) atoms. The number of piperidine rings is 1. The Kier molecular flexibility index (Phi) is 10.2. The van der Waals surface area contributed by atoms with E-state index in [9.17, 15) is 4.79 Å². The molecule has 1 amide bonds. The van der Waals surface area contributed by atoms with E-state index in [2.05, 4.69) is 17.6 Å². The van der Waals surface area contributed by atoms with Crippen molar-refractivity contribution in [2.24, 2.45) is 0 Å². The molecule has 1 aliphatic rings. The molecule has 0 aromatic carbocycles. The van der Waals surface area contributed by atoms with Crippen LogP contribution in [0.5, 0.6) is 0 Å². The molecule has 112 valence electrons. The lowest BCUT2D eigenvalue weighted by atomic mass is 10.2. The highest BCUT2D eigenvalue weighted by Gasteiger charge is 2.14. The Morgan fingerprint density at radius 1 is 1.32 bits per heavy atom. The Labute approximate surface area is 121 Å². The maximum Gasteiger partial charge on any atom is 0.230 e. The van der Waals surface area contributed by atoms with Crippen LogP contribution in [-0.4, -0.2) is 49.8 Å². The van der Waals surface area contributed by atoms with Crippen molar-refractivity contribution >= 4 is 17.7 Å². The Hall–Kier alpha value is -0.260. The Bertz CT molecular complexity index is 233. The molecule has 4 nitrogen and oxygen atoms in total. The summed E-state index contributed by atoms with van der Waals surface area (Å²) >= 11 is 1.80. The van der Waals surface area contributed by atoms with Crippen LogP contribution < -0.4 is 10.6 Å². The molecule has 0 saturated carbocycles. The molecule has 1 heterocycles. The van der Waals surface area contributed by atoms with Crippen molar-refractivity contribution < 1.29 is 9.53 Å². The minimum atomic E-state index is 0.164. The van der Waals surface area contributed by atoms with Crippen LogP contribution >= 0.6 is 11.8 Å². The average Bonchev–Trinajstić information content (AvgIpc) is 2.45. The maximum absolute atomic E-state index is 11.6. The van der Waals surface area contributed by atoms with E-state index < -0.39 is 0 Å². The SMILES string of the molecule is CCCCOCCCNC(=O)CSC1CCNCC1. The summed E-state index contributed by atoms with van der Waals surface area (Å²) in [4.78, 5) is 11.6. The van der Waals surface area contributed by atoms with Gasteiger partial charge in [-0.05, 0) is 38.8 Å². The molecular weight excluding hydrogens is 260 g/mol. The third-order valence-electron chi connectivity index (χ3n) is 3.17. The van der Waals surface area contributed by atoms with Gasteiger partial charge in [0.1, 0.15) is 0 Å². The zero-order chi connectivity index (χ0) is 13.8. The minimum absolute atomic E-state index is 0.164. The first-order chi connectivity index (χ1) is 9.33. The molecule has 0 aliphatic carbocycles. The first kappa shape index (κ1) is 16.8. The van der Waals surface area contributed by atoms with Crippen molar-refractivity contribution in [3.8, 4) is 0 Å². The lowest BCUT2D eigenvalue weighted by Crippen LogP contribution is -2.31. The molecule has 0 unspecified atom stereocenters. The first-order valence-corrected chi connectivity index (χ1v) is 8.54. The third kappa shape index (κ3) is 9.30. The minimum Gasteiger partial charge on any atom is -0.381 e. The van der Waals surface area contributed by atoms with Crippen LogP contribution in [0, 0.1) is 0 Å². The number of amides is 1. The van der Waals surface area contributed by atoms with Gasteiger partial charge < -0.3 is 15.4 Å². The molecule has 1 saturated heterocycles. The fourth-order valence-electron chi connectivity index (χ4n) is 1.96. The summed E-state index contributed by atoms with van der Waals surface area (Å²) in [5.41, 5.74) is 0. The van der Waals surface area contributed by atoms with Crippen LogP contribution in [0.2, 0.25) is 0 Å². The van der Waals surface area contributed by atoms with Crippen molar-refractivity contribution in [1.82, 2.24) is 10.6 Å². The second-order valence-corrected chi connectivity index (χ2v) is 6.22. The molecule has 0 bridgehead atoms. The van der Waals surface area contributed by atoms with Gasteiger partial charge in [-0.1, -0.05) is 13.3 Å². The number of hydrogen-bond donors (Lipinski definition) is 2. The Morgan fingerprint density at radius 2 is 2.05 bits per heavy atom. The van der Waals surface area contributed by atoms with Gasteiger partial charge in [0.2, 0.25) is 5.91 Å². The highest BCUT2D eigenvalue weighted by atomic mass is 32.2. The van der Waals surface area contributed by atoms with Crippen LogP contribution in [0.3, 0.4) is 0 Å². The summed E-state index contributed by atoms with van der Waals surface area (Å²) in [5, 5.41) is 6.95. The van der Waals surface area contributed by atoms with Gasteiger partial charge in [0.15, 0.2) is 0 Å². The van der Waals surface area contributed by atoms with Gasteiger partial charge in [0.25, 0.3) is 0 Å². The summed E-state index contributed by atoms with van der Waals surface area (Å²) in [5.74, 6) is 0.763. The second-order valence-electron chi connectivity index (χ2n) is 4.93. The molecule has 1 rings (SSSR count). The van der Waals surface area contributed by atoms with Crippen LogP contribution in [0.1, 0.15) is 39.0 Å². The van der Waals surface area contributed by atoms with Gasteiger partial charge >= 0.3 is 0 Å². The number of carbonyl (C=O) groups is 1. The molecular formula is C14H28N2O2S. The van der Waals surface area contributed by atoms with Gasteiger partial charge in [0, 0.05) is 25.0 Å². The fraction of sp³-hybridized carbons (Fsp3) is 0.929. The number of unbranched alkanes of at least 4 members (excludes halogenated alkanes) is 1. The fourth-order valence-corrected chi connectivity index (χ4v) is 3.02. The topological polar surface area (TPSA) is 50.4 Å². The smallest absolute Gasteiger partial charge is 0.230 e. The maximum atomic E-state index is 11.6. The van der Waals surface area contributed by atoms with Crippen LogP contribution in [0.25, 0.3) is 0 Å². The predicted molar refractivity (Wildman–Crippen MR) is 81.7 cm³/mol. The second kappa shape index (κ2) is 11.6. The predicted octanol–water partition coefficient (Wildman–Crippen LogP) is 1.79. The standard InChI is InChI=1S/C14H28N2O2S/c1-2-3-10-18-11-4-7-16-14(17)12-19-13-5-8-15-9-6-13/h13,15H,2-12H2,1H3,(H,16,17).